The van der Waals surface area contributed by atoms with Gasteiger partial charge in [-0.3, -0.25) is 14.6 Å². The molecule has 0 aromatic heterocycles. The number of hydrogen-bond acceptors (Lipinski definition) is 4. The molecule has 0 bridgehead atoms. The van der Waals surface area contributed by atoms with Crippen LogP contribution < -0.4 is 5.73 Å². The summed E-state index contributed by atoms with van der Waals surface area (Å²) < 4.78 is 0. The lowest BCUT2D eigenvalue weighted by Gasteiger charge is -2.33. The lowest BCUT2D eigenvalue weighted by atomic mass is 10.1. The highest BCUT2D eigenvalue weighted by molar-refractivity contribution is 7.80. The second-order valence-corrected chi connectivity index (χ2v) is 5.12. The van der Waals surface area contributed by atoms with Crippen LogP contribution in [0.15, 0.2) is 18.2 Å². The molecule has 2 amide bonds. The number of anilines is 1. The number of hydrogen-bond donors (Lipinski definition) is 1. The molecule has 0 unspecified atom stereocenters. The fraction of sp³-hybridized carbons (Fsp3) is 0.308. The topological polar surface area (TPSA) is 66.6 Å². The van der Waals surface area contributed by atoms with Crippen molar-refractivity contribution in [3.8, 4) is 0 Å². The molecule has 6 heteroatoms. The van der Waals surface area contributed by atoms with Gasteiger partial charge in [0.2, 0.25) is 11.8 Å². The Balaban J connectivity index is 1.95. The van der Waals surface area contributed by atoms with Crippen LogP contribution in [0.25, 0.3) is 0 Å². The Labute approximate surface area is 115 Å². The number of rotatable bonds is 1. The first-order valence-electron chi connectivity index (χ1n) is 6.14. The van der Waals surface area contributed by atoms with Crippen molar-refractivity contribution in [3.05, 3.63) is 29.3 Å². The zero-order chi connectivity index (χ0) is 13.6. The first-order valence-corrected chi connectivity index (χ1v) is 6.55. The molecule has 1 aromatic rings. The second kappa shape index (κ2) is 4.31. The first kappa shape index (κ1) is 12.1. The molecule has 0 radical (unpaired) electrons. The highest BCUT2D eigenvalue weighted by Gasteiger charge is 2.36. The molecule has 0 saturated carbocycles. The van der Waals surface area contributed by atoms with Crippen molar-refractivity contribution < 1.29 is 9.59 Å². The highest BCUT2D eigenvalue weighted by Crippen LogP contribution is 2.29. The van der Waals surface area contributed by atoms with Gasteiger partial charge in [0, 0.05) is 24.1 Å². The molecule has 1 fully saturated rings. The summed E-state index contributed by atoms with van der Waals surface area (Å²) in [7, 11) is 0. The monoisotopic (exact) mass is 275 g/mol. The zero-order valence-corrected chi connectivity index (χ0v) is 11.1. The van der Waals surface area contributed by atoms with Crippen LogP contribution in [0.1, 0.15) is 30.4 Å². The summed E-state index contributed by atoms with van der Waals surface area (Å²) in [5.74, 6) is -0.362. The highest BCUT2D eigenvalue weighted by atomic mass is 32.1. The van der Waals surface area contributed by atoms with Crippen LogP contribution >= 0.6 is 12.2 Å². The van der Waals surface area contributed by atoms with E-state index in [1.165, 1.54) is 5.01 Å². The molecule has 0 aliphatic carbocycles. The Morgan fingerprint density at radius 3 is 2.53 bits per heavy atom. The minimum absolute atomic E-state index is 0.181. The predicted octanol–water partition coefficient (Wildman–Crippen LogP) is 1.21. The Morgan fingerprint density at radius 2 is 1.84 bits per heavy atom. The van der Waals surface area contributed by atoms with Gasteiger partial charge in [-0.2, -0.15) is 5.01 Å². The molecular formula is C13H13N3O2S. The average Bonchev–Trinajstić information content (AvgIpc) is 2.67. The van der Waals surface area contributed by atoms with E-state index in [0.717, 1.165) is 11.1 Å². The Morgan fingerprint density at radius 1 is 1.16 bits per heavy atom. The Kier molecular flexibility index (Phi) is 2.74. The van der Waals surface area contributed by atoms with Gasteiger partial charge >= 0.3 is 0 Å². The van der Waals surface area contributed by atoms with Gasteiger partial charge in [-0.05, 0) is 24.1 Å². The third-order valence-electron chi connectivity index (χ3n) is 3.41. The molecule has 2 heterocycles. The first-order chi connectivity index (χ1) is 9.08. The number of fused-ring (bicyclic) bond motifs is 1. The molecule has 1 saturated heterocycles. The largest absolute Gasteiger partial charge is 0.399 e. The van der Waals surface area contributed by atoms with Gasteiger partial charge in [-0.15, -0.1) is 0 Å². The maximum Gasteiger partial charge on any atom is 0.248 e. The van der Waals surface area contributed by atoms with Gasteiger partial charge in [-0.25, -0.2) is 0 Å². The van der Waals surface area contributed by atoms with Crippen molar-refractivity contribution in [2.24, 2.45) is 0 Å². The van der Waals surface area contributed by atoms with Crippen molar-refractivity contribution in [1.82, 2.24) is 10.0 Å². The van der Waals surface area contributed by atoms with Crippen LogP contribution in [0.3, 0.4) is 0 Å². The quantitative estimate of drug-likeness (QED) is 0.474. The number of piperidine rings is 1. The fourth-order valence-corrected chi connectivity index (χ4v) is 2.81. The predicted molar refractivity (Wildman–Crippen MR) is 73.8 cm³/mol. The Bertz CT molecular complexity index is 584. The number of thiocarbonyl (C=S) groups is 1. The molecule has 1 aromatic carbocycles. The van der Waals surface area contributed by atoms with E-state index in [1.54, 1.807) is 17.1 Å². The second-order valence-electron chi connectivity index (χ2n) is 4.73. The fourth-order valence-electron chi connectivity index (χ4n) is 2.48. The minimum atomic E-state index is -0.181. The van der Waals surface area contributed by atoms with Crippen LogP contribution in [0, 0.1) is 0 Å². The van der Waals surface area contributed by atoms with E-state index in [1.807, 2.05) is 6.07 Å². The number of carbonyl (C=O) groups excluding carboxylic acids is 2. The molecule has 0 atom stereocenters. The lowest BCUT2D eigenvalue weighted by Crippen LogP contribution is -2.51. The number of nitrogen functional groups attached to an aromatic ring is 1. The molecule has 98 valence electrons. The van der Waals surface area contributed by atoms with Gasteiger partial charge in [-0.1, -0.05) is 18.3 Å². The van der Waals surface area contributed by atoms with Crippen LogP contribution in [0.5, 0.6) is 0 Å². The number of nitrogens with zero attached hydrogens (tertiary/aromatic N) is 2. The van der Waals surface area contributed by atoms with Crippen molar-refractivity contribution in [3.63, 3.8) is 0 Å². The number of amides is 2. The maximum atomic E-state index is 11.9. The summed E-state index contributed by atoms with van der Waals surface area (Å²) in [5.41, 5.74) is 8.20. The molecule has 2 aliphatic heterocycles. The van der Waals surface area contributed by atoms with E-state index in [9.17, 15) is 9.59 Å². The number of imide groups is 1. The summed E-state index contributed by atoms with van der Waals surface area (Å²) in [6, 6.07) is 5.47. The van der Waals surface area contributed by atoms with E-state index in [0.29, 0.717) is 36.5 Å². The lowest BCUT2D eigenvalue weighted by molar-refractivity contribution is -0.161. The summed E-state index contributed by atoms with van der Waals surface area (Å²) in [6.45, 7) is 0.450. The van der Waals surface area contributed by atoms with E-state index < -0.39 is 0 Å². The molecule has 5 nitrogen and oxygen atoms in total. The smallest absolute Gasteiger partial charge is 0.248 e. The maximum absolute atomic E-state index is 11.9. The summed E-state index contributed by atoms with van der Waals surface area (Å²) in [6.07, 6.45) is 1.40. The number of hydrazine groups is 1. The van der Waals surface area contributed by atoms with Gasteiger partial charge in [0.25, 0.3) is 0 Å². The summed E-state index contributed by atoms with van der Waals surface area (Å²) >= 11 is 5.37. The standard InChI is InChI=1S/C13H13N3O2S/c14-9-5-4-8-7-15(13(19)10(8)6-9)16-11(17)2-1-3-12(16)18/h4-6H,1-3,7,14H2. The van der Waals surface area contributed by atoms with Gasteiger partial charge in [0.15, 0.2) is 0 Å². The summed E-state index contributed by atoms with van der Waals surface area (Å²) in [4.78, 5) is 24.4. The van der Waals surface area contributed by atoms with Crippen molar-refractivity contribution in [2.45, 2.75) is 25.8 Å². The number of nitrogens with two attached hydrogens (primary N) is 1. The minimum Gasteiger partial charge on any atom is -0.399 e. The number of carbonyl (C=O) groups is 2. The van der Waals surface area contributed by atoms with Crippen LogP contribution in [0.2, 0.25) is 0 Å². The van der Waals surface area contributed by atoms with Crippen LogP contribution in [0.4, 0.5) is 5.69 Å². The Hall–Kier alpha value is -1.95. The molecule has 2 N–H and O–H groups in total. The molecule has 19 heavy (non-hydrogen) atoms. The van der Waals surface area contributed by atoms with E-state index in [2.05, 4.69) is 0 Å². The molecule has 2 aliphatic rings. The van der Waals surface area contributed by atoms with E-state index in [-0.39, 0.29) is 11.8 Å². The summed E-state index contributed by atoms with van der Waals surface area (Å²) in [5, 5.41) is 2.78. The normalized spacial score (nSPS) is 19.1. The molecule has 0 spiro atoms. The van der Waals surface area contributed by atoms with E-state index in [4.69, 9.17) is 18.0 Å². The average molecular weight is 275 g/mol. The zero-order valence-electron chi connectivity index (χ0n) is 10.3. The third-order valence-corrected chi connectivity index (χ3v) is 3.84. The number of benzene rings is 1. The van der Waals surface area contributed by atoms with E-state index >= 15 is 0 Å². The van der Waals surface area contributed by atoms with Crippen molar-refractivity contribution in [2.75, 3.05) is 5.73 Å². The molecule has 3 rings (SSSR count). The molecular weight excluding hydrogens is 262 g/mol. The van der Waals surface area contributed by atoms with Gasteiger partial charge < -0.3 is 5.73 Å². The van der Waals surface area contributed by atoms with Crippen molar-refractivity contribution >= 4 is 34.7 Å². The SMILES string of the molecule is Nc1ccc2c(c1)C(=S)N(N1C(=O)CCCC1=O)C2. The third kappa shape index (κ3) is 1.88. The van der Waals surface area contributed by atoms with Gasteiger partial charge in [0.05, 0.1) is 6.54 Å². The van der Waals surface area contributed by atoms with Crippen LogP contribution in [-0.4, -0.2) is 26.8 Å². The van der Waals surface area contributed by atoms with Crippen molar-refractivity contribution in [1.29, 1.82) is 0 Å². The van der Waals surface area contributed by atoms with Gasteiger partial charge in [0.1, 0.15) is 4.99 Å². The van der Waals surface area contributed by atoms with Crippen LogP contribution in [-0.2, 0) is 16.1 Å².